The van der Waals surface area contributed by atoms with Gasteiger partial charge in [-0.1, -0.05) is 6.42 Å². The van der Waals surface area contributed by atoms with Gasteiger partial charge in [-0.25, -0.2) is 0 Å². The Morgan fingerprint density at radius 3 is 2.83 bits per heavy atom. The fraction of sp³-hybridized carbons (Fsp3) is 0.500. The van der Waals surface area contributed by atoms with Crippen LogP contribution in [0.15, 0.2) is 18.2 Å². The molecule has 0 heterocycles. The van der Waals surface area contributed by atoms with Gasteiger partial charge >= 0.3 is 0 Å². The van der Waals surface area contributed by atoms with Crippen LogP contribution < -0.4 is 11.1 Å². The maximum absolute atomic E-state index is 11.3. The van der Waals surface area contributed by atoms with Gasteiger partial charge in [0.05, 0.1) is 6.10 Å². The number of anilines is 2. The summed E-state index contributed by atoms with van der Waals surface area (Å²) in [7, 11) is 0. The van der Waals surface area contributed by atoms with Gasteiger partial charge in [-0.05, 0) is 38.0 Å². The smallest absolute Gasteiger partial charge is 0.161 e. The molecule has 4 nitrogen and oxygen atoms in total. The standard InChI is InChI=1S/C14H20N2O2/c1-9(17)12-6-5-11(7-13(12)15)16-8-10-3-2-4-14(10)18/h5-7,10,14,16,18H,2-4,8,15H2,1H3. The Morgan fingerprint density at radius 2 is 2.28 bits per heavy atom. The number of aliphatic hydroxyl groups excluding tert-OH is 1. The van der Waals surface area contributed by atoms with Crippen LogP contribution in [0, 0.1) is 5.92 Å². The van der Waals surface area contributed by atoms with Gasteiger partial charge < -0.3 is 16.2 Å². The van der Waals surface area contributed by atoms with Gasteiger partial charge in [0.15, 0.2) is 5.78 Å². The number of nitrogens with one attached hydrogen (secondary N) is 1. The third-order valence-electron chi connectivity index (χ3n) is 3.62. The first kappa shape index (κ1) is 12.9. The Morgan fingerprint density at radius 1 is 1.50 bits per heavy atom. The van der Waals surface area contributed by atoms with Crippen molar-refractivity contribution in [2.75, 3.05) is 17.6 Å². The highest BCUT2D eigenvalue weighted by Gasteiger charge is 2.24. The summed E-state index contributed by atoms with van der Waals surface area (Å²) in [4.78, 5) is 11.3. The molecule has 98 valence electrons. The quantitative estimate of drug-likeness (QED) is 0.563. The summed E-state index contributed by atoms with van der Waals surface area (Å²) >= 11 is 0. The molecule has 4 N–H and O–H groups in total. The van der Waals surface area contributed by atoms with Crippen LogP contribution in [0.3, 0.4) is 0 Å². The molecule has 4 heteroatoms. The van der Waals surface area contributed by atoms with Crippen molar-refractivity contribution in [3.63, 3.8) is 0 Å². The van der Waals surface area contributed by atoms with Crippen LogP contribution >= 0.6 is 0 Å². The second-order valence-corrected chi connectivity index (χ2v) is 5.00. The lowest BCUT2D eigenvalue weighted by Gasteiger charge is -2.16. The third-order valence-corrected chi connectivity index (χ3v) is 3.62. The van der Waals surface area contributed by atoms with E-state index in [1.54, 1.807) is 12.1 Å². The Bertz CT molecular complexity index is 445. The lowest BCUT2D eigenvalue weighted by Crippen LogP contribution is -2.22. The van der Waals surface area contributed by atoms with Crippen molar-refractivity contribution in [3.05, 3.63) is 23.8 Å². The predicted octanol–water partition coefficient (Wildman–Crippen LogP) is 2.04. The number of carbonyl (C=O) groups is 1. The van der Waals surface area contributed by atoms with E-state index < -0.39 is 0 Å². The second kappa shape index (κ2) is 5.40. The molecule has 2 atom stereocenters. The van der Waals surface area contributed by atoms with Crippen LogP contribution in [0.2, 0.25) is 0 Å². The largest absolute Gasteiger partial charge is 0.398 e. The molecular weight excluding hydrogens is 228 g/mol. The number of hydrogen-bond acceptors (Lipinski definition) is 4. The van der Waals surface area contributed by atoms with Gasteiger partial charge in [-0.3, -0.25) is 4.79 Å². The van der Waals surface area contributed by atoms with Gasteiger partial charge in [0, 0.05) is 29.4 Å². The minimum atomic E-state index is -0.189. The molecule has 1 aromatic rings. The van der Waals surface area contributed by atoms with Gasteiger partial charge in [-0.15, -0.1) is 0 Å². The minimum Gasteiger partial charge on any atom is -0.398 e. The number of ketones is 1. The fourth-order valence-corrected chi connectivity index (χ4v) is 2.50. The molecule has 2 unspecified atom stereocenters. The van der Waals surface area contributed by atoms with Crippen LogP contribution in [-0.4, -0.2) is 23.5 Å². The zero-order valence-electron chi connectivity index (χ0n) is 10.6. The molecule has 0 aliphatic heterocycles. The molecule has 0 amide bonds. The summed E-state index contributed by atoms with van der Waals surface area (Å²) in [5.41, 5.74) is 7.78. The maximum Gasteiger partial charge on any atom is 0.161 e. The van der Waals surface area contributed by atoms with Crippen molar-refractivity contribution in [3.8, 4) is 0 Å². The molecular formula is C14H20N2O2. The highest BCUT2D eigenvalue weighted by atomic mass is 16.3. The number of nitrogen functional groups attached to an aromatic ring is 1. The first-order valence-corrected chi connectivity index (χ1v) is 6.40. The lowest BCUT2D eigenvalue weighted by molar-refractivity contribution is 0.101. The second-order valence-electron chi connectivity index (χ2n) is 5.00. The van der Waals surface area contributed by atoms with E-state index in [1.807, 2.05) is 6.07 Å². The normalized spacial score (nSPS) is 23.0. The first-order valence-electron chi connectivity index (χ1n) is 6.40. The Labute approximate surface area is 107 Å². The number of aliphatic hydroxyl groups is 1. The van der Waals surface area contributed by atoms with Crippen molar-refractivity contribution in [1.29, 1.82) is 0 Å². The molecule has 1 aliphatic rings. The average Bonchev–Trinajstić information content (AvgIpc) is 2.72. The van der Waals surface area contributed by atoms with Crippen molar-refractivity contribution >= 4 is 17.2 Å². The predicted molar refractivity (Wildman–Crippen MR) is 72.7 cm³/mol. The third kappa shape index (κ3) is 2.82. The fourth-order valence-electron chi connectivity index (χ4n) is 2.50. The highest BCUT2D eigenvalue weighted by molar-refractivity contribution is 5.99. The van der Waals surface area contributed by atoms with E-state index >= 15 is 0 Å². The Balaban J connectivity index is 1.98. The number of hydrogen-bond donors (Lipinski definition) is 3. The lowest BCUT2D eigenvalue weighted by atomic mass is 10.1. The van der Waals surface area contributed by atoms with E-state index in [9.17, 15) is 9.90 Å². The van der Waals surface area contributed by atoms with E-state index in [4.69, 9.17) is 5.73 Å². The summed E-state index contributed by atoms with van der Waals surface area (Å²) in [5.74, 6) is 0.295. The van der Waals surface area contributed by atoms with Crippen LogP contribution in [-0.2, 0) is 0 Å². The van der Waals surface area contributed by atoms with E-state index in [2.05, 4.69) is 5.32 Å². The molecule has 0 aromatic heterocycles. The summed E-state index contributed by atoms with van der Waals surface area (Å²) in [6.45, 7) is 2.26. The molecule has 0 radical (unpaired) electrons. The van der Waals surface area contributed by atoms with E-state index in [0.29, 0.717) is 17.2 Å². The van der Waals surface area contributed by atoms with Crippen molar-refractivity contribution < 1.29 is 9.90 Å². The van der Waals surface area contributed by atoms with E-state index in [0.717, 1.165) is 31.5 Å². The molecule has 18 heavy (non-hydrogen) atoms. The molecule has 0 spiro atoms. The van der Waals surface area contributed by atoms with Gasteiger partial charge in [0.1, 0.15) is 0 Å². The van der Waals surface area contributed by atoms with Crippen LogP contribution in [0.25, 0.3) is 0 Å². The number of carbonyl (C=O) groups excluding carboxylic acids is 1. The first-order chi connectivity index (χ1) is 8.58. The van der Waals surface area contributed by atoms with Crippen molar-refractivity contribution in [2.45, 2.75) is 32.3 Å². The molecule has 0 saturated heterocycles. The van der Waals surface area contributed by atoms with E-state index in [-0.39, 0.29) is 11.9 Å². The topological polar surface area (TPSA) is 75.3 Å². The van der Waals surface area contributed by atoms with Gasteiger partial charge in [0.25, 0.3) is 0 Å². The summed E-state index contributed by atoms with van der Waals surface area (Å²) in [5, 5.41) is 13.0. The number of nitrogens with two attached hydrogens (primary N) is 1. The van der Waals surface area contributed by atoms with Crippen LogP contribution in [0.1, 0.15) is 36.5 Å². The number of rotatable bonds is 4. The van der Waals surface area contributed by atoms with Crippen molar-refractivity contribution in [2.24, 2.45) is 5.92 Å². The van der Waals surface area contributed by atoms with Gasteiger partial charge in [-0.2, -0.15) is 0 Å². The number of benzene rings is 1. The molecule has 2 rings (SSSR count). The minimum absolute atomic E-state index is 0.0229. The molecule has 1 aliphatic carbocycles. The molecule has 1 saturated carbocycles. The molecule has 1 aromatic carbocycles. The Kier molecular flexibility index (Phi) is 3.87. The summed E-state index contributed by atoms with van der Waals surface area (Å²) in [6, 6.07) is 5.37. The SMILES string of the molecule is CC(=O)c1ccc(NCC2CCCC2O)cc1N. The molecule has 1 fully saturated rings. The zero-order valence-corrected chi connectivity index (χ0v) is 10.6. The van der Waals surface area contributed by atoms with Gasteiger partial charge in [0.2, 0.25) is 0 Å². The Hall–Kier alpha value is -1.55. The monoisotopic (exact) mass is 248 g/mol. The molecule has 0 bridgehead atoms. The highest BCUT2D eigenvalue weighted by Crippen LogP contribution is 2.26. The summed E-state index contributed by atoms with van der Waals surface area (Å²) in [6.07, 6.45) is 2.87. The zero-order chi connectivity index (χ0) is 13.1. The van der Waals surface area contributed by atoms with Crippen molar-refractivity contribution in [1.82, 2.24) is 0 Å². The number of Topliss-reactive ketones (excluding diaryl/α,β-unsaturated/α-hetero) is 1. The van der Waals surface area contributed by atoms with E-state index in [1.165, 1.54) is 6.92 Å². The maximum atomic E-state index is 11.3. The average molecular weight is 248 g/mol. The summed E-state index contributed by atoms with van der Waals surface area (Å²) < 4.78 is 0. The van der Waals surface area contributed by atoms with Crippen LogP contribution in [0.5, 0.6) is 0 Å². The van der Waals surface area contributed by atoms with Crippen LogP contribution in [0.4, 0.5) is 11.4 Å².